The van der Waals surface area contributed by atoms with Crippen LogP contribution < -0.4 is 0 Å². The first-order chi connectivity index (χ1) is 11.2. The van der Waals surface area contributed by atoms with Crippen molar-refractivity contribution in [3.63, 3.8) is 0 Å². The molecular weight excluding hydrogens is 328 g/mol. The molecule has 130 valence electrons. The molecule has 3 nitrogen and oxygen atoms in total. The molecule has 0 N–H and O–H groups in total. The van der Waals surface area contributed by atoms with Crippen LogP contribution in [-0.2, 0) is 20.9 Å². The number of carbonyl (C=O) groups is 2. The van der Waals surface area contributed by atoms with Gasteiger partial charge in [-0.2, -0.15) is 0 Å². The summed E-state index contributed by atoms with van der Waals surface area (Å²) in [6.45, 7) is 4.22. The summed E-state index contributed by atoms with van der Waals surface area (Å²) >= 11 is 0. The van der Waals surface area contributed by atoms with Gasteiger partial charge in [-0.05, 0) is 17.9 Å². The molecule has 1 aromatic rings. The van der Waals surface area contributed by atoms with Crippen molar-refractivity contribution in [3.05, 3.63) is 46.5 Å². The van der Waals surface area contributed by atoms with E-state index in [0.29, 0.717) is 11.9 Å². The lowest BCUT2D eigenvalue weighted by molar-refractivity contribution is -0.147. The molecule has 1 fully saturated rings. The Morgan fingerprint density at radius 3 is 2.17 bits per heavy atom. The Morgan fingerprint density at radius 2 is 1.71 bits per heavy atom. The average Bonchev–Trinajstić information content (AvgIpc) is 3.09. The van der Waals surface area contributed by atoms with Crippen molar-refractivity contribution in [2.24, 2.45) is 17.3 Å². The summed E-state index contributed by atoms with van der Waals surface area (Å²) in [7, 11) is 0. The molecule has 2 unspecified atom stereocenters. The minimum atomic E-state index is -1.60. The molecule has 1 saturated carbocycles. The number of halogens is 4. The highest BCUT2D eigenvalue weighted by molar-refractivity contribution is 5.84. The highest BCUT2D eigenvalue weighted by atomic mass is 19.2. The van der Waals surface area contributed by atoms with E-state index in [0.717, 1.165) is 0 Å². The van der Waals surface area contributed by atoms with Crippen LogP contribution in [0.4, 0.5) is 17.6 Å². The smallest absolute Gasteiger partial charge is 0.310 e. The predicted octanol–water partition coefficient (Wildman–Crippen LogP) is 3.70. The predicted molar refractivity (Wildman–Crippen MR) is 76.7 cm³/mol. The van der Waals surface area contributed by atoms with Crippen LogP contribution in [0.15, 0.2) is 17.7 Å². The van der Waals surface area contributed by atoms with Gasteiger partial charge in [0.05, 0.1) is 11.5 Å². The van der Waals surface area contributed by atoms with E-state index in [2.05, 4.69) is 0 Å². The van der Waals surface area contributed by atoms with Gasteiger partial charge in [-0.3, -0.25) is 9.59 Å². The molecule has 24 heavy (non-hydrogen) atoms. The molecule has 0 radical (unpaired) electrons. The van der Waals surface area contributed by atoms with Gasteiger partial charge in [0.25, 0.3) is 0 Å². The third kappa shape index (κ3) is 2.95. The second kappa shape index (κ2) is 6.37. The third-order valence-corrected chi connectivity index (χ3v) is 4.47. The van der Waals surface area contributed by atoms with E-state index in [1.165, 1.54) is 0 Å². The van der Waals surface area contributed by atoms with Gasteiger partial charge >= 0.3 is 5.97 Å². The maximum atomic E-state index is 13.5. The maximum Gasteiger partial charge on any atom is 0.310 e. The third-order valence-electron chi connectivity index (χ3n) is 4.47. The van der Waals surface area contributed by atoms with Crippen LogP contribution in [0.5, 0.6) is 0 Å². The summed E-state index contributed by atoms with van der Waals surface area (Å²) in [6, 6.07) is 0.0818. The van der Waals surface area contributed by atoms with Gasteiger partial charge in [0.1, 0.15) is 12.9 Å². The van der Waals surface area contributed by atoms with E-state index in [4.69, 9.17) is 4.74 Å². The molecule has 0 amide bonds. The van der Waals surface area contributed by atoms with Crippen LogP contribution in [0, 0.1) is 40.5 Å². The van der Waals surface area contributed by atoms with Gasteiger partial charge in [0, 0.05) is 12.0 Å². The van der Waals surface area contributed by atoms with E-state index >= 15 is 0 Å². The lowest BCUT2D eigenvalue weighted by atomic mass is 10.0. The number of ether oxygens (including phenoxy) is 1. The minimum Gasteiger partial charge on any atom is -0.460 e. The zero-order valence-electron chi connectivity index (χ0n) is 13.3. The molecule has 0 saturated heterocycles. The number of hydrogen-bond donors (Lipinski definition) is 0. The molecule has 0 aliphatic heterocycles. The quantitative estimate of drug-likeness (QED) is 0.269. The lowest BCUT2D eigenvalue weighted by Crippen LogP contribution is -2.13. The zero-order valence-corrected chi connectivity index (χ0v) is 13.3. The van der Waals surface area contributed by atoms with Crippen molar-refractivity contribution in [2.45, 2.75) is 27.4 Å². The van der Waals surface area contributed by atoms with E-state index in [1.54, 1.807) is 26.8 Å². The SMILES string of the molecule is C/C=C(/C=O)C1C(C(=O)OCc2c(F)c(F)cc(F)c2F)C1(C)C. The van der Waals surface area contributed by atoms with E-state index in [-0.39, 0.29) is 12.0 Å². The normalized spacial score (nSPS) is 22.2. The van der Waals surface area contributed by atoms with Gasteiger partial charge in [-0.25, -0.2) is 17.6 Å². The van der Waals surface area contributed by atoms with Gasteiger partial charge in [0.2, 0.25) is 0 Å². The van der Waals surface area contributed by atoms with Crippen molar-refractivity contribution in [2.75, 3.05) is 0 Å². The summed E-state index contributed by atoms with van der Waals surface area (Å²) < 4.78 is 58.2. The Balaban J connectivity index is 2.15. The van der Waals surface area contributed by atoms with Crippen molar-refractivity contribution in [1.29, 1.82) is 0 Å². The van der Waals surface area contributed by atoms with Crippen molar-refractivity contribution >= 4 is 12.3 Å². The van der Waals surface area contributed by atoms with E-state index in [9.17, 15) is 27.2 Å². The fraction of sp³-hybridized carbons (Fsp3) is 0.412. The number of benzene rings is 1. The molecule has 0 spiro atoms. The first-order valence-corrected chi connectivity index (χ1v) is 7.26. The molecule has 0 aromatic heterocycles. The van der Waals surface area contributed by atoms with Gasteiger partial charge in [0.15, 0.2) is 23.3 Å². The van der Waals surface area contributed by atoms with Gasteiger partial charge in [-0.15, -0.1) is 0 Å². The number of esters is 1. The summed E-state index contributed by atoms with van der Waals surface area (Å²) in [6.07, 6.45) is 2.22. The monoisotopic (exact) mass is 344 g/mol. The Labute approximate surface area is 136 Å². The summed E-state index contributed by atoms with van der Waals surface area (Å²) in [5.74, 6) is -8.16. The summed E-state index contributed by atoms with van der Waals surface area (Å²) in [5.41, 5.74) is -1.11. The molecule has 2 rings (SSSR count). The molecule has 1 aliphatic carbocycles. The zero-order chi connectivity index (χ0) is 18.2. The molecule has 1 aliphatic rings. The first-order valence-electron chi connectivity index (χ1n) is 7.26. The molecule has 7 heteroatoms. The second-order valence-corrected chi connectivity index (χ2v) is 6.24. The minimum absolute atomic E-state index is 0.0818. The van der Waals surface area contributed by atoms with E-state index in [1.807, 2.05) is 0 Å². The Hall–Kier alpha value is -2.18. The topological polar surface area (TPSA) is 43.4 Å². The number of allylic oxidation sites excluding steroid dienone is 2. The molecule has 2 atom stereocenters. The van der Waals surface area contributed by atoms with E-state index < -0.39 is 52.7 Å². The summed E-state index contributed by atoms with van der Waals surface area (Å²) in [4.78, 5) is 23.1. The number of hydrogen-bond acceptors (Lipinski definition) is 3. The van der Waals surface area contributed by atoms with Crippen LogP contribution >= 0.6 is 0 Å². The maximum absolute atomic E-state index is 13.5. The number of carbonyl (C=O) groups excluding carboxylic acids is 2. The lowest BCUT2D eigenvalue weighted by Gasteiger charge is -2.09. The standard InChI is InChI=1S/C17H16F4O3/c1-4-8(6-22)12-13(17(12,2)3)16(23)24-7-9-14(20)10(18)5-11(19)15(9)21/h4-6,12-13H,7H2,1-3H3/b8-4-. The number of rotatable bonds is 5. The fourth-order valence-electron chi connectivity index (χ4n) is 3.00. The number of aldehydes is 1. The largest absolute Gasteiger partial charge is 0.460 e. The molecule has 0 bridgehead atoms. The summed E-state index contributed by atoms with van der Waals surface area (Å²) in [5, 5.41) is 0. The Morgan fingerprint density at radius 1 is 1.17 bits per heavy atom. The van der Waals surface area contributed by atoms with Crippen LogP contribution in [-0.4, -0.2) is 12.3 Å². The van der Waals surface area contributed by atoms with Gasteiger partial charge in [-0.1, -0.05) is 19.9 Å². The molecule has 0 heterocycles. The van der Waals surface area contributed by atoms with Gasteiger partial charge < -0.3 is 4.74 Å². The van der Waals surface area contributed by atoms with Crippen molar-refractivity contribution in [3.8, 4) is 0 Å². The average molecular weight is 344 g/mol. The highest BCUT2D eigenvalue weighted by Crippen LogP contribution is 2.61. The molecule has 1 aromatic carbocycles. The van der Waals surface area contributed by atoms with Crippen LogP contribution in [0.2, 0.25) is 0 Å². The first kappa shape index (κ1) is 18.2. The molecular formula is C17H16F4O3. The van der Waals surface area contributed by atoms with Crippen molar-refractivity contribution in [1.82, 2.24) is 0 Å². The Bertz CT molecular complexity index is 699. The van der Waals surface area contributed by atoms with Crippen molar-refractivity contribution < 1.29 is 31.9 Å². The second-order valence-electron chi connectivity index (χ2n) is 6.24. The Kier molecular flexibility index (Phi) is 4.82. The van der Waals surface area contributed by atoms with Crippen LogP contribution in [0.3, 0.4) is 0 Å². The van der Waals surface area contributed by atoms with Crippen LogP contribution in [0.1, 0.15) is 26.3 Å². The fourth-order valence-corrected chi connectivity index (χ4v) is 3.00. The highest BCUT2D eigenvalue weighted by Gasteiger charge is 2.63. The van der Waals surface area contributed by atoms with Crippen LogP contribution in [0.25, 0.3) is 0 Å².